The maximum absolute atomic E-state index is 13.7. The Morgan fingerprint density at radius 1 is 1.10 bits per heavy atom. The molecule has 3 rings (SSSR count). The Bertz CT molecular complexity index is 825. The van der Waals surface area contributed by atoms with Gasteiger partial charge in [0.1, 0.15) is 5.82 Å². The molecule has 0 saturated carbocycles. The molecule has 1 amide bonds. The highest BCUT2D eigenvalue weighted by atomic mass is 19.1. The van der Waals surface area contributed by atoms with Gasteiger partial charge in [0.25, 0.3) is 0 Å². The third kappa shape index (κ3) is 6.31. The molecule has 2 aromatic carbocycles. The minimum Gasteiger partial charge on any atom is -0.356 e. The van der Waals surface area contributed by atoms with Crippen LogP contribution in [0.3, 0.4) is 0 Å². The van der Waals surface area contributed by atoms with Gasteiger partial charge in [0, 0.05) is 45.6 Å². The summed E-state index contributed by atoms with van der Waals surface area (Å²) in [4.78, 5) is 18.5. The Hall–Kier alpha value is -2.89. The summed E-state index contributed by atoms with van der Waals surface area (Å²) in [5.74, 6) is 0.979. The fourth-order valence-electron chi connectivity index (χ4n) is 3.59. The second-order valence-electron chi connectivity index (χ2n) is 7.37. The summed E-state index contributed by atoms with van der Waals surface area (Å²) in [5, 5.41) is 6.51. The summed E-state index contributed by atoms with van der Waals surface area (Å²) < 4.78 is 13.7. The van der Waals surface area contributed by atoms with Crippen molar-refractivity contribution in [2.24, 2.45) is 10.9 Å². The topological polar surface area (TPSA) is 56.7 Å². The van der Waals surface area contributed by atoms with E-state index in [1.807, 2.05) is 29.2 Å². The summed E-state index contributed by atoms with van der Waals surface area (Å²) in [5.41, 5.74) is 1.94. The molecule has 1 aliphatic rings. The molecule has 29 heavy (non-hydrogen) atoms. The lowest BCUT2D eigenvalue weighted by molar-refractivity contribution is -0.127. The average molecular weight is 397 g/mol. The van der Waals surface area contributed by atoms with Crippen LogP contribution < -0.4 is 10.6 Å². The van der Waals surface area contributed by atoms with Crippen LogP contribution in [0.2, 0.25) is 0 Å². The van der Waals surface area contributed by atoms with Crippen molar-refractivity contribution in [1.82, 2.24) is 15.5 Å². The third-order valence-corrected chi connectivity index (χ3v) is 5.23. The zero-order valence-corrected chi connectivity index (χ0v) is 16.9. The van der Waals surface area contributed by atoms with E-state index in [1.54, 1.807) is 19.2 Å². The van der Waals surface area contributed by atoms with Crippen molar-refractivity contribution >= 4 is 11.9 Å². The molecule has 0 bridgehead atoms. The lowest BCUT2D eigenvalue weighted by Crippen LogP contribution is -2.41. The minimum atomic E-state index is -0.183. The third-order valence-electron chi connectivity index (χ3n) is 5.23. The Balaban J connectivity index is 1.38. The minimum absolute atomic E-state index is 0.183. The van der Waals surface area contributed by atoms with E-state index >= 15 is 0 Å². The van der Waals surface area contributed by atoms with Gasteiger partial charge >= 0.3 is 0 Å². The normalized spacial score (nSPS) is 16.9. The molecule has 1 fully saturated rings. The smallest absolute Gasteiger partial charge is 0.223 e. The predicted octanol–water partition coefficient (Wildman–Crippen LogP) is 2.62. The molecule has 2 N–H and O–H groups in total. The van der Waals surface area contributed by atoms with Gasteiger partial charge < -0.3 is 15.5 Å². The first-order valence-electron chi connectivity index (χ1n) is 10.2. The molecule has 1 saturated heterocycles. The van der Waals surface area contributed by atoms with Crippen molar-refractivity contribution in [2.75, 3.05) is 33.2 Å². The van der Waals surface area contributed by atoms with E-state index in [-0.39, 0.29) is 17.6 Å². The van der Waals surface area contributed by atoms with Crippen LogP contribution in [0.4, 0.5) is 4.39 Å². The molecule has 1 aliphatic heterocycles. The van der Waals surface area contributed by atoms with E-state index in [9.17, 15) is 9.18 Å². The van der Waals surface area contributed by atoms with Crippen LogP contribution in [0, 0.1) is 11.7 Å². The van der Waals surface area contributed by atoms with Gasteiger partial charge in [-0.2, -0.15) is 0 Å². The Morgan fingerprint density at radius 2 is 1.86 bits per heavy atom. The Kier molecular flexibility index (Phi) is 7.61. The molecule has 0 aromatic heterocycles. The molecule has 1 atom stereocenters. The first-order chi connectivity index (χ1) is 14.2. The van der Waals surface area contributed by atoms with Crippen molar-refractivity contribution in [3.63, 3.8) is 0 Å². The number of nitrogens with zero attached hydrogens (tertiary/aromatic N) is 2. The van der Waals surface area contributed by atoms with E-state index in [1.165, 1.54) is 11.6 Å². The summed E-state index contributed by atoms with van der Waals surface area (Å²) in [7, 11) is 1.71. The Labute approximate surface area is 172 Å². The second kappa shape index (κ2) is 10.6. The number of likely N-dealkylation sites (tertiary alicyclic amines) is 1. The fraction of sp³-hybridized carbons (Fsp3) is 0.391. The highest BCUT2D eigenvalue weighted by Gasteiger charge is 2.29. The van der Waals surface area contributed by atoms with Crippen LogP contribution >= 0.6 is 0 Å². The first-order valence-corrected chi connectivity index (χ1v) is 10.2. The van der Waals surface area contributed by atoms with Crippen molar-refractivity contribution in [1.29, 1.82) is 0 Å². The molecular weight excluding hydrogens is 367 g/mol. The number of amides is 1. The predicted molar refractivity (Wildman–Crippen MR) is 114 cm³/mol. The molecule has 0 spiro atoms. The van der Waals surface area contributed by atoms with Crippen molar-refractivity contribution in [3.8, 4) is 0 Å². The zero-order chi connectivity index (χ0) is 20.5. The van der Waals surface area contributed by atoms with Crippen LogP contribution in [-0.4, -0.2) is 50.0 Å². The summed E-state index contributed by atoms with van der Waals surface area (Å²) in [6, 6.07) is 17.0. The lowest BCUT2D eigenvalue weighted by atomic mass is 10.1. The number of nitrogens with one attached hydrogen (secondary N) is 2. The van der Waals surface area contributed by atoms with Crippen LogP contribution in [0.25, 0.3) is 0 Å². The fourth-order valence-corrected chi connectivity index (χ4v) is 3.59. The van der Waals surface area contributed by atoms with Gasteiger partial charge in [-0.05, 0) is 30.0 Å². The van der Waals surface area contributed by atoms with Gasteiger partial charge in [0.05, 0.1) is 0 Å². The van der Waals surface area contributed by atoms with Gasteiger partial charge in [-0.25, -0.2) is 4.39 Å². The van der Waals surface area contributed by atoms with Crippen LogP contribution in [0.1, 0.15) is 17.5 Å². The molecule has 0 aliphatic carbocycles. The number of halogens is 1. The molecule has 1 unspecified atom stereocenters. The summed E-state index contributed by atoms with van der Waals surface area (Å²) in [6.07, 6.45) is 2.03. The maximum atomic E-state index is 13.7. The molecule has 5 nitrogen and oxygen atoms in total. The number of guanidine groups is 1. The summed E-state index contributed by atoms with van der Waals surface area (Å²) >= 11 is 0. The quantitative estimate of drug-likeness (QED) is 0.533. The molecular formula is C23H29FN4O. The van der Waals surface area contributed by atoms with Crippen molar-refractivity contribution in [3.05, 3.63) is 71.5 Å². The van der Waals surface area contributed by atoms with Gasteiger partial charge in [0.2, 0.25) is 5.91 Å². The van der Waals surface area contributed by atoms with Crippen LogP contribution in [0.15, 0.2) is 59.6 Å². The number of rotatable bonds is 8. The second-order valence-corrected chi connectivity index (χ2v) is 7.37. The first kappa shape index (κ1) is 20.8. The lowest BCUT2D eigenvalue weighted by Gasteiger charge is -2.18. The number of carbonyl (C=O) groups is 1. The standard InChI is InChI=1S/C23H29FN4O/c1-25-23(26-13-11-20-9-5-6-10-21(20)24)27-16-19-15-22(29)28(17-19)14-12-18-7-3-2-4-8-18/h2-10,19H,11-17H2,1H3,(H2,25,26,27). The number of carbonyl (C=O) groups excluding carboxylic acids is 1. The van der Waals surface area contributed by atoms with E-state index < -0.39 is 0 Å². The SMILES string of the molecule is CN=C(NCCc1ccccc1F)NCC1CC(=O)N(CCc2ccccc2)C1. The van der Waals surface area contributed by atoms with E-state index in [0.29, 0.717) is 37.5 Å². The van der Waals surface area contributed by atoms with Crippen LogP contribution in [-0.2, 0) is 17.6 Å². The summed E-state index contributed by atoms with van der Waals surface area (Å²) in [6.45, 7) is 2.81. The number of benzene rings is 2. The molecule has 1 heterocycles. The average Bonchev–Trinajstić information content (AvgIpc) is 3.10. The van der Waals surface area contributed by atoms with E-state index in [4.69, 9.17) is 0 Å². The van der Waals surface area contributed by atoms with E-state index in [0.717, 1.165) is 19.5 Å². The van der Waals surface area contributed by atoms with Crippen LogP contribution in [0.5, 0.6) is 0 Å². The largest absolute Gasteiger partial charge is 0.356 e. The molecule has 154 valence electrons. The maximum Gasteiger partial charge on any atom is 0.223 e. The van der Waals surface area contributed by atoms with Gasteiger partial charge in [-0.1, -0.05) is 48.5 Å². The molecule has 2 aromatic rings. The number of hydrogen-bond donors (Lipinski definition) is 2. The zero-order valence-electron chi connectivity index (χ0n) is 16.9. The Morgan fingerprint density at radius 3 is 2.62 bits per heavy atom. The highest BCUT2D eigenvalue weighted by Crippen LogP contribution is 2.17. The number of aliphatic imine (C=N–C) groups is 1. The number of hydrogen-bond acceptors (Lipinski definition) is 2. The van der Waals surface area contributed by atoms with E-state index in [2.05, 4.69) is 27.8 Å². The highest BCUT2D eigenvalue weighted by molar-refractivity contribution is 5.80. The van der Waals surface area contributed by atoms with Gasteiger partial charge in [-0.3, -0.25) is 9.79 Å². The van der Waals surface area contributed by atoms with Crippen molar-refractivity contribution in [2.45, 2.75) is 19.3 Å². The van der Waals surface area contributed by atoms with Gasteiger partial charge in [0.15, 0.2) is 5.96 Å². The molecule has 0 radical (unpaired) electrons. The monoisotopic (exact) mass is 396 g/mol. The van der Waals surface area contributed by atoms with Crippen molar-refractivity contribution < 1.29 is 9.18 Å². The van der Waals surface area contributed by atoms with Gasteiger partial charge in [-0.15, -0.1) is 0 Å². The molecule has 6 heteroatoms.